The molecule has 4 nitrogen and oxygen atoms in total. The van der Waals surface area contributed by atoms with E-state index in [2.05, 4.69) is 4.90 Å². The smallest absolute Gasteiger partial charge is 0.395 e. The number of nitrogens with zero attached hydrogens (tertiary/aromatic N) is 1. The van der Waals surface area contributed by atoms with E-state index in [1.165, 1.54) is 6.42 Å². The SMILES string of the molecule is O=C(NCCCN(CCO)C1CCCCC1)C(F)(F)F. The van der Waals surface area contributed by atoms with Gasteiger partial charge < -0.3 is 10.4 Å². The maximum atomic E-state index is 12.0. The van der Waals surface area contributed by atoms with Crippen molar-refractivity contribution >= 4 is 5.91 Å². The van der Waals surface area contributed by atoms with Gasteiger partial charge in [0, 0.05) is 25.7 Å². The Labute approximate surface area is 117 Å². The van der Waals surface area contributed by atoms with Crippen molar-refractivity contribution in [3.05, 3.63) is 0 Å². The molecule has 0 heterocycles. The summed E-state index contributed by atoms with van der Waals surface area (Å²) in [6, 6.07) is 0.411. The van der Waals surface area contributed by atoms with Crippen LogP contribution in [0.5, 0.6) is 0 Å². The molecule has 0 aliphatic heterocycles. The number of hydrogen-bond donors (Lipinski definition) is 2. The van der Waals surface area contributed by atoms with Gasteiger partial charge in [-0.1, -0.05) is 19.3 Å². The molecule has 0 aromatic carbocycles. The monoisotopic (exact) mass is 296 g/mol. The fraction of sp³-hybridized carbons (Fsp3) is 0.923. The Balaban J connectivity index is 2.27. The molecule has 1 amide bonds. The molecule has 0 saturated heterocycles. The van der Waals surface area contributed by atoms with Gasteiger partial charge in [-0.2, -0.15) is 13.2 Å². The Kier molecular flexibility index (Phi) is 7.29. The van der Waals surface area contributed by atoms with Gasteiger partial charge >= 0.3 is 12.1 Å². The first-order valence-electron chi connectivity index (χ1n) is 7.15. The van der Waals surface area contributed by atoms with E-state index in [9.17, 15) is 18.0 Å². The predicted molar refractivity (Wildman–Crippen MR) is 69.2 cm³/mol. The van der Waals surface area contributed by atoms with Crippen LogP contribution in [0.25, 0.3) is 0 Å². The molecule has 0 spiro atoms. The van der Waals surface area contributed by atoms with E-state index in [-0.39, 0.29) is 13.2 Å². The molecule has 0 radical (unpaired) electrons. The van der Waals surface area contributed by atoms with Gasteiger partial charge in [-0.3, -0.25) is 9.69 Å². The van der Waals surface area contributed by atoms with Crippen LogP contribution in [0.15, 0.2) is 0 Å². The molecular weight excluding hydrogens is 273 g/mol. The zero-order chi connectivity index (χ0) is 15.0. The average molecular weight is 296 g/mol. The van der Waals surface area contributed by atoms with E-state index in [0.717, 1.165) is 25.7 Å². The van der Waals surface area contributed by atoms with E-state index in [4.69, 9.17) is 5.11 Å². The van der Waals surface area contributed by atoms with E-state index >= 15 is 0 Å². The third-order valence-corrected chi connectivity index (χ3v) is 3.64. The Morgan fingerprint density at radius 3 is 2.40 bits per heavy atom. The second-order valence-corrected chi connectivity index (χ2v) is 5.16. The van der Waals surface area contributed by atoms with Crippen molar-refractivity contribution in [3.8, 4) is 0 Å². The number of carbonyl (C=O) groups is 1. The molecule has 2 N–H and O–H groups in total. The number of halogens is 3. The van der Waals surface area contributed by atoms with Gasteiger partial charge in [0.15, 0.2) is 0 Å². The van der Waals surface area contributed by atoms with Gasteiger partial charge in [0.05, 0.1) is 6.61 Å². The highest BCUT2D eigenvalue weighted by Gasteiger charge is 2.38. The predicted octanol–water partition coefficient (Wildman–Crippen LogP) is 1.68. The Hall–Kier alpha value is -0.820. The number of aliphatic hydroxyl groups is 1. The summed E-state index contributed by atoms with van der Waals surface area (Å²) in [5.74, 6) is -1.89. The van der Waals surface area contributed by atoms with Crippen LogP contribution in [-0.2, 0) is 4.79 Å². The lowest BCUT2D eigenvalue weighted by molar-refractivity contribution is -0.173. The van der Waals surface area contributed by atoms with Gasteiger partial charge in [0.1, 0.15) is 0 Å². The lowest BCUT2D eigenvalue weighted by Gasteiger charge is -2.34. The minimum absolute atomic E-state index is 0.00694. The highest BCUT2D eigenvalue weighted by molar-refractivity contribution is 5.81. The molecule has 1 aliphatic carbocycles. The Bertz CT molecular complexity index is 292. The lowest BCUT2D eigenvalue weighted by Crippen LogP contribution is -2.41. The molecule has 118 valence electrons. The summed E-state index contributed by atoms with van der Waals surface area (Å²) in [6.45, 7) is 1.19. The fourth-order valence-electron chi connectivity index (χ4n) is 2.64. The fourth-order valence-corrected chi connectivity index (χ4v) is 2.64. The van der Waals surface area contributed by atoms with Gasteiger partial charge in [0.25, 0.3) is 0 Å². The molecule has 7 heteroatoms. The molecule has 20 heavy (non-hydrogen) atoms. The number of nitrogens with one attached hydrogen (secondary N) is 1. The highest BCUT2D eigenvalue weighted by Crippen LogP contribution is 2.22. The lowest BCUT2D eigenvalue weighted by atomic mass is 9.94. The topological polar surface area (TPSA) is 52.6 Å². The number of alkyl halides is 3. The van der Waals surface area contributed by atoms with Crippen LogP contribution in [0.3, 0.4) is 0 Å². The average Bonchev–Trinajstić information content (AvgIpc) is 2.42. The van der Waals surface area contributed by atoms with Gasteiger partial charge in [0.2, 0.25) is 0 Å². The van der Waals surface area contributed by atoms with Gasteiger partial charge in [-0.15, -0.1) is 0 Å². The van der Waals surface area contributed by atoms with Crippen LogP contribution < -0.4 is 5.32 Å². The summed E-state index contributed by atoms with van der Waals surface area (Å²) in [6.07, 6.45) is 1.36. The summed E-state index contributed by atoms with van der Waals surface area (Å²) in [5.41, 5.74) is 0. The Morgan fingerprint density at radius 2 is 1.85 bits per heavy atom. The van der Waals surface area contributed by atoms with E-state index in [1.807, 2.05) is 5.32 Å². The summed E-state index contributed by atoms with van der Waals surface area (Å²) >= 11 is 0. The van der Waals surface area contributed by atoms with Crippen molar-refractivity contribution in [3.63, 3.8) is 0 Å². The second-order valence-electron chi connectivity index (χ2n) is 5.16. The molecule has 0 unspecified atom stereocenters. The van der Waals surface area contributed by atoms with Crippen LogP contribution >= 0.6 is 0 Å². The van der Waals surface area contributed by atoms with E-state index < -0.39 is 12.1 Å². The zero-order valence-corrected chi connectivity index (χ0v) is 11.6. The normalized spacial score (nSPS) is 17.4. The van der Waals surface area contributed by atoms with Gasteiger partial charge in [-0.25, -0.2) is 0 Å². The van der Waals surface area contributed by atoms with Gasteiger partial charge in [-0.05, 0) is 19.3 Å². The molecule has 1 aliphatic rings. The minimum Gasteiger partial charge on any atom is -0.395 e. The quantitative estimate of drug-likeness (QED) is 0.703. The van der Waals surface area contributed by atoms with Crippen molar-refractivity contribution in [2.45, 2.75) is 50.7 Å². The Morgan fingerprint density at radius 1 is 1.20 bits per heavy atom. The van der Waals surface area contributed by atoms with Crippen molar-refractivity contribution in [1.82, 2.24) is 10.2 Å². The summed E-state index contributed by atoms with van der Waals surface area (Å²) in [4.78, 5) is 12.8. The third kappa shape index (κ3) is 6.09. The van der Waals surface area contributed by atoms with Crippen LogP contribution in [0, 0.1) is 0 Å². The second kappa shape index (κ2) is 8.46. The number of hydrogen-bond acceptors (Lipinski definition) is 3. The first-order chi connectivity index (χ1) is 9.45. The third-order valence-electron chi connectivity index (χ3n) is 3.64. The molecular formula is C13H23F3N2O2. The largest absolute Gasteiger partial charge is 0.471 e. The van der Waals surface area contributed by atoms with Crippen LogP contribution in [0.4, 0.5) is 13.2 Å². The number of carbonyl (C=O) groups excluding carboxylic acids is 1. The standard InChI is InChI=1S/C13H23F3N2O2/c14-13(15,16)12(20)17-7-4-8-18(9-10-19)11-5-2-1-3-6-11/h11,19H,1-10H2,(H,17,20). The summed E-state index contributed by atoms with van der Waals surface area (Å²) in [5, 5.41) is 10.9. The summed E-state index contributed by atoms with van der Waals surface area (Å²) < 4.78 is 36.0. The number of rotatable bonds is 7. The van der Waals surface area contributed by atoms with Crippen LogP contribution in [-0.4, -0.2) is 54.4 Å². The maximum absolute atomic E-state index is 12.0. The van der Waals surface area contributed by atoms with Crippen LogP contribution in [0.1, 0.15) is 38.5 Å². The molecule has 0 atom stereocenters. The first-order valence-corrected chi connectivity index (χ1v) is 7.15. The van der Waals surface area contributed by atoms with Crippen molar-refractivity contribution in [2.24, 2.45) is 0 Å². The van der Waals surface area contributed by atoms with Crippen molar-refractivity contribution in [2.75, 3.05) is 26.2 Å². The molecule has 0 aromatic heterocycles. The molecule has 1 fully saturated rings. The van der Waals surface area contributed by atoms with Crippen molar-refractivity contribution in [1.29, 1.82) is 0 Å². The molecule has 0 aromatic rings. The minimum atomic E-state index is -4.81. The molecule has 1 rings (SSSR count). The number of aliphatic hydroxyl groups excluding tert-OH is 1. The van der Waals surface area contributed by atoms with Crippen LogP contribution in [0.2, 0.25) is 0 Å². The van der Waals surface area contributed by atoms with Crippen molar-refractivity contribution < 1.29 is 23.1 Å². The zero-order valence-electron chi connectivity index (χ0n) is 11.6. The molecule has 0 bridgehead atoms. The maximum Gasteiger partial charge on any atom is 0.471 e. The van der Waals surface area contributed by atoms with E-state index in [1.54, 1.807) is 0 Å². The highest BCUT2D eigenvalue weighted by atomic mass is 19.4. The summed E-state index contributed by atoms with van der Waals surface area (Å²) in [7, 11) is 0. The molecule has 1 saturated carbocycles. The van der Waals surface area contributed by atoms with E-state index in [0.29, 0.717) is 25.6 Å². The number of amides is 1. The first kappa shape index (κ1) is 17.2.